The highest BCUT2D eigenvalue weighted by Gasteiger charge is 2.30. The number of fused-ring (bicyclic) bond motifs is 1. The van der Waals surface area contributed by atoms with Crippen molar-refractivity contribution in [2.45, 2.75) is 12.6 Å². The maximum atomic E-state index is 12.8. The van der Waals surface area contributed by atoms with Crippen molar-refractivity contribution in [2.75, 3.05) is 13.2 Å². The lowest BCUT2D eigenvalue weighted by Gasteiger charge is -2.13. The summed E-state index contributed by atoms with van der Waals surface area (Å²) in [6.07, 6.45) is -2.37. The van der Waals surface area contributed by atoms with Gasteiger partial charge in [-0.2, -0.15) is 13.2 Å². The molecule has 1 atom stereocenters. The summed E-state index contributed by atoms with van der Waals surface area (Å²) in [5.74, 6) is 0.391. The predicted molar refractivity (Wildman–Crippen MR) is 96.6 cm³/mol. The maximum absolute atomic E-state index is 12.8. The van der Waals surface area contributed by atoms with Crippen molar-refractivity contribution in [1.29, 1.82) is 0 Å². The van der Waals surface area contributed by atoms with Crippen LogP contribution in [0.1, 0.15) is 12.0 Å². The third-order valence-electron chi connectivity index (χ3n) is 4.59. The van der Waals surface area contributed by atoms with Crippen molar-refractivity contribution < 1.29 is 22.7 Å². The summed E-state index contributed by atoms with van der Waals surface area (Å²) < 4.78 is 44.3. The number of hydrogen-bond acceptors (Lipinski definition) is 4. The lowest BCUT2D eigenvalue weighted by atomic mass is 10.1. The molecule has 3 heterocycles. The van der Waals surface area contributed by atoms with E-state index >= 15 is 0 Å². The van der Waals surface area contributed by atoms with Gasteiger partial charge in [-0.05, 0) is 30.3 Å². The van der Waals surface area contributed by atoms with Crippen LogP contribution in [0.25, 0.3) is 22.2 Å². The Bertz CT molecular complexity index is 1020. The number of carbonyl (C=O) groups is 1. The van der Waals surface area contributed by atoms with E-state index < -0.39 is 11.7 Å². The molecule has 8 heteroatoms. The average Bonchev–Trinajstić information content (AvgIpc) is 3.10. The molecule has 1 amide bonds. The first-order chi connectivity index (χ1) is 13.4. The number of rotatable bonds is 4. The highest BCUT2D eigenvalue weighted by Crippen LogP contribution is 2.32. The minimum atomic E-state index is -4.39. The number of aromatic nitrogens is 2. The molecule has 1 fully saturated rings. The first-order valence-corrected chi connectivity index (χ1v) is 8.73. The Balaban J connectivity index is 1.66. The molecule has 1 aliphatic rings. The SMILES string of the molecule is O=C1CC(COc2nc(-c3ccc(C(F)(F)F)cc3)cc3ncccc23)CN1. The average molecular weight is 387 g/mol. The molecule has 0 aliphatic carbocycles. The van der Waals surface area contributed by atoms with Crippen molar-refractivity contribution in [1.82, 2.24) is 15.3 Å². The Kier molecular flexibility index (Phi) is 4.62. The Labute approximate surface area is 158 Å². The number of halogens is 3. The van der Waals surface area contributed by atoms with Gasteiger partial charge in [-0.3, -0.25) is 9.78 Å². The number of ether oxygens (including phenoxy) is 1. The van der Waals surface area contributed by atoms with E-state index in [0.29, 0.717) is 47.6 Å². The van der Waals surface area contributed by atoms with Gasteiger partial charge in [0.25, 0.3) is 0 Å². The summed E-state index contributed by atoms with van der Waals surface area (Å²) in [6.45, 7) is 0.861. The fourth-order valence-electron chi connectivity index (χ4n) is 3.11. The largest absolute Gasteiger partial charge is 0.477 e. The van der Waals surface area contributed by atoms with E-state index in [1.54, 1.807) is 18.3 Å². The third kappa shape index (κ3) is 3.76. The van der Waals surface area contributed by atoms with Crippen molar-refractivity contribution in [2.24, 2.45) is 5.92 Å². The molecule has 28 heavy (non-hydrogen) atoms. The summed E-state index contributed by atoms with van der Waals surface area (Å²) in [7, 11) is 0. The number of hydrogen-bond donors (Lipinski definition) is 1. The zero-order chi connectivity index (χ0) is 19.7. The normalized spacial score (nSPS) is 17.0. The van der Waals surface area contributed by atoms with E-state index in [1.807, 2.05) is 6.07 Å². The molecule has 0 bridgehead atoms. The van der Waals surface area contributed by atoms with Crippen LogP contribution in [0, 0.1) is 5.92 Å². The van der Waals surface area contributed by atoms with Crippen LogP contribution in [0.15, 0.2) is 48.7 Å². The number of carbonyl (C=O) groups excluding carboxylic acids is 1. The standard InChI is InChI=1S/C20H16F3N3O2/c21-20(22,23)14-5-3-13(4-6-14)16-9-17-15(2-1-7-24-17)19(26-16)28-11-12-8-18(27)25-10-12/h1-7,9,12H,8,10-11H2,(H,25,27). The van der Waals surface area contributed by atoms with E-state index in [-0.39, 0.29) is 11.8 Å². The Morgan fingerprint density at radius 1 is 1.18 bits per heavy atom. The van der Waals surface area contributed by atoms with Crippen LogP contribution in [0.5, 0.6) is 5.88 Å². The lowest BCUT2D eigenvalue weighted by molar-refractivity contribution is -0.137. The Hall–Kier alpha value is -3.16. The van der Waals surface area contributed by atoms with Gasteiger partial charge in [-0.1, -0.05) is 12.1 Å². The van der Waals surface area contributed by atoms with Gasteiger partial charge in [0.1, 0.15) is 0 Å². The van der Waals surface area contributed by atoms with Crippen molar-refractivity contribution in [3.05, 3.63) is 54.2 Å². The molecule has 1 aromatic carbocycles. The lowest BCUT2D eigenvalue weighted by Crippen LogP contribution is -2.17. The van der Waals surface area contributed by atoms with Crippen LogP contribution in [-0.4, -0.2) is 29.0 Å². The van der Waals surface area contributed by atoms with E-state index in [1.165, 1.54) is 12.1 Å². The number of pyridine rings is 2. The molecule has 3 aromatic rings. The second kappa shape index (κ2) is 7.10. The van der Waals surface area contributed by atoms with Gasteiger partial charge in [-0.15, -0.1) is 0 Å². The Morgan fingerprint density at radius 2 is 1.96 bits per heavy atom. The fraction of sp³-hybridized carbons (Fsp3) is 0.250. The molecule has 0 spiro atoms. The molecular weight excluding hydrogens is 371 g/mol. The van der Waals surface area contributed by atoms with Crippen LogP contribution in [0.4, 0.5) is 13.2 Å². The van der Waals surface area contributed by atoms with Crippen LogP contribution in [0.2, 0.25) is 0 Å². The molecular formula is C20H16F3N3O2. The van der Waals surface area contributed by atoms with Gasteiger partial charge in [0, 0.05) is 30.6 Å². The summed E-state index contributed by atoms with van der Waals surface area (Å²) in [5, 5.41) is 3.46. The van der Waals surface area contributed by atoms with Crippen molar-refractivity contribution in [3.63, 3.8) is 0 Å². The fourth-order valence-corrected chi connectivity index (χ4v) is 3.11. The highest BCUT2D eigenvalue weighted by atomic mass is 19.4. The first kappa shape index (κ1) is 18.2. The molecule has 1 aliphatic heterocycles. The van der Waals surface area contributed by atoms with Gasteiger partial charge in [0.05, 0.1) is 28.8 Å². The van der Waals surface area contributed by atoms with Crippen molar-refractivity contribution in [3.8, 4) is 17.1 Å². The minimum Gasteiger partial charge on any atom is -0.477 e. The van der Waals surface area contributed by atoms with Crippen LogP contribution in [0.3, 0.4) is 0 Å². The van der Waals surface area contributed by atoms with Gasteiger partial charge in [-0.25, -0.2) is 4.98 Å². The van der Waals surface area contributed by atoms with Crippen LogP contribution >= 0.6 is 0 Å². The summed E-state index contributed by atoms with van der Waals surface area (Å²) >= 11 is 0. The number of amides is 1. The van der Waals surface area contributed by atoms with Gasteiger partial charge in [0.2, 0.25) is 11.8 Å². The molecule has 144 valence electrons. The number of nitrogens with one attached hydrogen (secondary N) is 1. The Morgan fingerprint density at radius 3 is 2.64 bits per heavy atom. The molecule has 4 rings (SSSR count). The van der Waals surface area contributed by atoms with E-state index in [0.717, 1.165) is 12.1 Å². The van der Waals surface area contributed by atoms with E-state index in [9.17, 15) is 18.0 Å². The minimum absolute atomic E-state index is 0.00779. The first-order valence-electron chi connectivity index (χ1n) is 8.73. The van der Waals surface area contributed by atoms with Crippen LogP contribution in [-0.2, 0) is 11.0 Å². The topological polar surface area (TPSA) is 64.1 Å². The monoisotopic (exact) mass is 387 g/mol. The second-order valence-corrected chi connectivity index (χ2v) is 6.64. The highest BCUT2D eigenvalue weighted by molar-refractivity contribution is 5.86. The van der Waals surface area contributed by atoms with Crippen LogP contribution < -0.4 is 10.1 Å². The second-order valence-electron chi connectivity index (χ2n) is 6.64. The quantitative estimate of drug-likeness (QED) is 0.739. The van der Waals surface area contributed by atoms with Crippen molar-refractivity contribution >= 4 is 16.8 Å². The summed E-state index contributed by atoms with van der Waals surface area (Å²) in [6, 6.07) is 10.1. The zero-order valence-corrected chi connectivity index (χ0v) is 14.7. The number of benzene rings is 1. The number of nitrogens with zero attached hydrogens (tertiary/aromatic N) is 2. The van der Waals surface area contributed by atoms with Gasteiger partial charge >= 0.3 is 6.18 Å². The molecule has 5 nitrogen and oxygen atoms in total. The molecule has 2 aromatic heterocycles. The van der Waals surface area contributed by atoms with Gasteiger partial charge < -0.3 is 10.1 Å². The predicted octanol–water partition coefficient (Wildman–Crippen LogP) is 3.83. The molecule has 0 radical (unpaired) electrons. The molecule has 1 unspecified atom stereocenters. The maximum Gasteiger partial charge on any atom is 0.416 e. The summed E-state index contributed by atoms with van der Waals surface area (Å²) in [5.41, 5.74) is 0.909. The molecule has 1 saturated heterocycles. The smallest absolute Gasteiger partial charge is 0.416 e. The van der Waals surface area contributed by atoms with E-state index in [2.05, 4.69) is 15.3 Å². The number of alkyl halides is 3. The van der Waals surface area contributed by atoms with E-state index in [4.69, 9.17) is 4.74 Å². The zero-order valence-electron chi connectivity index (χ0n) is 14.7. The third-order valence-corrected chi connectivity index (χ3v) is 4.59. The van der Waals surface area contributed by atoms with Gasteiger partial charge in [0.15, 0.2) is 0 Å². The molecule has 1 N–H and O–H groups in total. The summed E-state index contributed by atoms with van der Waals surface area (Å²) in [4.78, 5) is 20.1. The molecule has 0 saturated carbocycles.